The van der Waals surface area contributed by atoms with Crippen LogP contribution in [0.5, 0.6) is 0 Å². The first-order valence-electron chi connectivity index (χ1n) is 6.44. The standard InChI is InChI=1S/C12H14N4O6/c13-7-3-10(14)11(4-7)22-12(17)6-1-8(15(18)19)5-9(2-6)16(20)21/h1-2,5,7,10-11H,3-4,13-14H2/t7-,10+,11?/m1/s1. The molecular weight excluding hydrogens is 296 g/mol. The van der Waals surface area contributed by atoms with Crippen LogP contribution < -0.4 is 11.5 Å². The zero-order chi connectivity index (χ0) is 16.4. The number of non-ortho nitro benzene ring substituents is 2. The summed E-state index contributed by atoms with van der Waals surface area (Å²) in [6.07, 6.45) is 0.262. The molecule has 1 fully saturated rings. The average molecular weight is 310 g/mol. The van der Waals surface area contributed by atoms with Gasteiger partial charge in [0.15, 0.2) is 0 Å². The minimum atomic E-state index is -0.902. The van der Waals surface area contributed by atoms with Crippen molar-refractivity contribution in [3.63, 3.8) is 0 Å². The molecule has 1 aromatic rings. The van der Waals surface area contributed by atoms with Gasteiger partial charge in [-0.15, -0.1) is 0 Å². The van der Waals surface area contributed by atoms with Crippen LogP contribution in [-0.2, 0) is 4.74 Å². The average Bonchev–Trinajstić information content (AvgIpc) is 2.76. The number of hydrogen-bond acceptors (Lipinski definition) is 8. The zero-order valence-electron chi connectivity index (χ0n) is 11.4. The molecule has 0 bridgehead atoms. The molecule has 1 aromatic carbocycles. The highest BCUT2D eigenvalue weighted by Gasteiger charge is 2.33. The molecule has 0 aliphatic heterocycles. The molecular formula is C12H14N4O6. The number of ether oxygens (including phenoxy) is 1. The summed E-state index contributed by atoms with van der Waals surface area (Å²) in [7, 11) is 0. The third-order valence-electron chi connectivity index (χ3n) is 3.41. The van der Waals surface area contributed by atoms with E-state index in [1.807, 2.05) is 0 Å². The smallest absolute Gasteiger partial charge is 0.338 e. The van der Waals surface area contributed by atoms with Gasteiger partial charge in [0.25, 0.3) is 11.4 Å². The highest BCUT2D eigenvalue weighted by molar-refractivity contribution is 5.91. The van der Waals surface area contributed by atoms with Crippen LogP contribution in [0.15, 0.2) is 18.2 Å². The molecule has 0 saturated heterocycles. The summed E-state index contributed by atoms with van der Waals surface area (Å²) in [5.41, 5.74) is 10.1. The third kappa shape index (κ3) is 3.35. The number of rotatable bonds is 4. The number of carbonyl (C=O) groups is 1. The first-order chi connectivity index (χ1) is 10.3. The van der Waals surface area contributed by atoms with Crippen LogP contribution in [0.4, 0.5) is 11.4 Å². The Morgan fingerprint density at radius 1 is 1.09 bits per heavy atom. The van der Waals surface area contributed by atoms with Crippen LogP contribution in [-0.4, -0.2) is 34.0 Å². The minimum absolute atomic E-state index is 0.188. The molecule has 3 atom stereocenters. The molecule has 0 spiro atoms. The van der Waals surface area contributed by atoms with Crippen molar-refractivity contribution in [2.45, 2.75) is 31.0 Å². The van der Waals surface area contributed by atoms with Crippen LogP contribution in [0.2, 0.25) is 0 Å². The fraction of sp³-hybridized carbons (Fsp3) is 0.417. The third-order valence-corrected chi connectivity index (χ3v) is 3.41. The molecule has 1 aliphatic carbocycles. The van der Waals surface area contributed by atoms with Gasteiger partial charge in [0, 0.05) is 30.6 Å². The lowest BCUT2D eigenvalue weighted by atomic mass is 10.1. The lowest BCUT2D eigenvalue weighted by Crippen LogP contribution is -2.33. The van der Waals surface area contributed by atoms with Crippen molar-refractivity contribution >= 4 is 17.3 Å². The Hall–Kier alpha value is -2.59. The van der Waals surface area contributed by atoms with Gasteiger partial charge in [0.2, 0.25) is 0 Å². The molecule has 1 unspecified atom stereocenters. The molecule has 1 aliphatic rings. The summed E-state index contributed by atoms with van der Waals surface area (Å²) in [6, 6.07) is 2.01. The maximum Gasteiger partial charge on any atom is 0.338 e. The normalized spacial score (nSPS) is 24.0. The highest BCUT2D eigenvalue weighted by Crippen LogP contribution is 2.25. The number of nitrogens with two attached hydrogens (primary N) is 2. The number of nitro groups is 2. The molecule has 0 aromatic heterocycles. The monoisotopic (exact) mass is 310 g/mol. The summed E-state index contributed by atoms with van der Waals surface area (Å²) < 4.78 is 5.16. The van der Waals surface area contributed by atoms with Gasteiger partial charge >= 0.3 is 5.97 Å². The molecule has 10 heteroatoms. The summed E-state index contributed by atoms with van der Waals surface area (Å²) in [5, 5.41) is 21.6. The van der Waals surface area contributed by atoms with Gasteiger partial charge < -0.3 is 16.2 Å². The highest BCUT2D eigenvalue weighted by atomic mass is 16.6. The van der Waals surface area contributed by atoms with Gasteiger partial charge in [-0.25, -0.2) is 4.79 Å². The van der Waals surface area contributed by atoms with E-state index in [4.69, 9.17) is 16.2 Å². The number of nitrogens with zero attached hydrogens (tertiary/aromatic N) is 2. The van der Waals surface area contributed by atoms with E-state index in [2.05, 4.69) is 0 Å². The Morgan fingerprint density at radius 2 is 1.64 bits per heavy atom. The van der Waals surface area contributed by atoms with Crippen molar-refractivity contribution in [2.24, 2.45) is 11.5 Å². The summed E-state index contributed by atoms with van der Waals surface area (Å²) in [6.45, 7) is 0. The summed E-state index contributed by atoms with van der Waals surface area (Å²) in [4.78, 5) is 32.0. The first kappa shape index (κ1) is 15.8. The van der Waals surface area contributed by atoms with Crippen molar-refractivity contribution in [3.8, 4) is 0 Å². The van der Waals surface area contributed by atoms with E-state index in [1.165, 1.54) is 0 Å². The Balaban J connectivity index is 2.25. The van der Waals surface area contributed by atoms with Gasteiger partial charge in [-0.3, -0.25) is 20.2 Å². The lowest BCUT2D eigenvalue weighted by Gasteiger charge is -2.16. The van der Waals surface area contributed by atoms with E-state index in [1.54, 1.807) is 0 Å². The summed E-state index contributed by atoms with van der Waals surface area (Å²) >= 11 is 0. The fourth-order valence-corrected chi connectivity index (χ4v) is 2.34. The topological polar surface area (TPSA) is 165 Å². The Labute approximate surface area is 124 Å². The first-order valence-corrected chi connectivity index (χ1v) is 6.44. The second kappa shape index (κ2) is 6.03. The fourth-order valence-electron chi connectivity index (χ4n) is 2.34. The lowest BCUT2D eigenvalue weighted by molar-refractivity contribution is -0.394. The quantitative estimate of drug-likeness (QED) is 0.460. The van der Waals surface area contributed by atoms with Gasteiger partial charge in [-0.05, 0) is 6.42 Å². The maximum atomic E-state index is 12.0. The molecule has 0 radical (unpaired) electrons. The second-order valence-electron chi connectivity index (χ2n) is 5.09. The summed E-state index contributed by atoms with van der Waals surface area (Å²) in [5.74, 6) is -0.902. The van der Waals surface area contributed by atoms with Gasteiger partial charge in [0.05, 0.1) is 21.5 Å². The Bertz CT molecular complexity index is 602. The van der Waals surface area contributed by atoms with Crippen LogP contribution in [0.25, 0.3) is 0 Å². The molecule has 22 heavy (non-hydrogen) atoms. The predicted octanol–water partition coefficient (Wildman–Crippen LogP) is 0.477. The van der Waals surface area contributed by atoms with Crippen LogP contribution >= 0.6 is 0 Å². The molecule has 10 nitrogen and oxygen atoms in total. The Kier molecular flexibility index (Phi) is 4.33. The van der Waals surface area contributed by atoms with Gasteiger partial charge in [-0.1, -0.05) is 0 Å². The number of benzene rings is 1. The number of hydrogen-bond donors (Lipinski definition) is 2. The molecule has 118 valence electrons. The number of esters is 1. The molecule has 2 rings (SSSR count). The zero-order valence-corrected chi connectivity index (χ0v) is 11.4. The largest absolute Gasteiger partial charge is 0.457 e. The van der Waals surface area contributed by atoms with E-state index in [9.17, 15) is 25.0 Å². The number of nitro benzene ring substituents is 2. The van der Waals surface area contributed by atoms with Crippen molar-refractivity contribution in [2.75, 3.05) is 0 Å². The van der Waals surface area contributed by atoms with E-state index < -0.39 is 39.3 Å². The van der Waals surface area contributed by atoms with Crippen LogP contribution in [0.1, 0.15) is 23.2 Å². The molecule has 4 N–H and O–H groups in total. The van der Waals surface area contributed by atoms with Gasteiger partial charge in [0.1, 0.15) is 6.10 Å². The predicted molar refractivity (Wildman–Crippen MR) is 74.1 cm³/mol. The molecule has 1 saturated carbocycles. The van der Waals surface area contributed by atoms with E-state index in [0.29, 0.717) is 12.8 Å². The minimum Gasteiger partial charge on any atom is -0.457 e. The van der Waals surface area contributed by atoms with Crippen LogP contribution in [0.3, 0.4) is 0 Å². The van der Waals surface area contributed by atoms with E-state index in [0.717, 1.165) is 18.2 Å². The van der Waals surface area contributed by atoms with Crippen molar-refractivity contribution in [1.29, 1.82) is 0 Å². The molecule has 0 heterocycles. The van der Waals surface area contributed by atoms with E-state index in [-0.39, 0.29) is 11.6 Å². The Morgan fingerprint density at radius 3 is 2.05 bits per heavy atom. The van der Waals surface area contributed by atoms with Crippen LogP contribution in [0, 0.1) is 20.2 Å². The van der Waals surface area contributed by atoms with Crippen molar-refractivity contribution in [1.82, 2.24) is 0 Å². The van der Waals surface area contributed by atoms with Crippen molar-refractivity contribution in [3.05, 3.63) is 44.0 Å². The molecule has 0 amide bonds. The second-order valence-corrected chi connectivity index (χ2v) is 5.09. The van der Waals surface area contributed by atoms with E-state index >= 15 is 0 Å². The van der Waals surface area contributed by atoms with Gasteiger partial charge in [-0.2, -0.15) is 0 Å². The number of carbonyl (C=O) groups excluding carboxylic acids is 1. The van der Waals surface area contributed by atoms with Crippen molar-refractivity contribution < 1.29 is 19.4 Å². The maximum absolute atomic E-state index is 12.0. The SMILES string of the molecule is N[C@H]1CC(OC(=O)c2cc([N+](=O)[O-])cc([N+](=O)[O-])c2)[C@@H](N)C1.